The van der Waals surface area contributed by atoms with E-state index in [1.54, 1.807) is 34.8 Å². The van der Waals surface area contributed by atoms with Crippen LogP contribution in [0.1, 0.15) is 23.6 Å². The Morgan fingerprint density at radius 2 is 1.72 bits per heavy atom. The van der Waals surface area contributed by atoms with E-state index in [1.165, 1.54) is 24.3 Å². The first-order chi connectivity index (χ1) is 17.4. The van der Waals surface area contributed by atoms with Crippen molar-refractivity contribution in [1.82, 2.24) is 9.47 Å². The van der Waals surface area contributed by atoms with E-state index in [1.807, 2.05) is 18.2 Å². The summed E-state index contributed by atoms with van der Waals surface area (Å²) in [6, 6.07) is 16.1. The lowest BCUT2D eigenvalue weighted by Gasteiger charge is -2.42. The number of fused-ring (bicyclic) bond motifs is 4. The van der Waals surface area contributed by atoms with Crippen LogP contribution < -0.4 is 20.9 Å². The van der Waals surface area contributed by atoms with Gasteiger partial charge in [0.15, 0.2) is 0 Å². The summed E-state index contributed by atoms with van der Waals surface area (Å²) in [4.78, 5) is 40.4. The monoisotopic (exact) mass is 490 g/mol. The molecule has 0 radical (unpaired) electrons. The number of nitrogens with zero attached hydrogens (tertiary/aromatic N) is 2. The van der Waals surface area contributed by atoms with Crippen LogP contribution in [0.15, 0.2) is 65.5 Å². The van der Waals surface area contributed by atoms with Crippen molar-refractivity contribution in [2.45, 2.75) is 25.3 Å². The molecule has 2 aliphatic rings. The molecule has 3 amide bonds. The van der Waals surface area contributed by atoms with Crippen molar-refractivity contribution in [1.29, 1.82) is 0 Å². The zero-order chi connectivity index (χ0) is 25.2. The number of hydrogen-bond acceptors (Lipinski definition) is 4. The molecule has 2 bridgehead atoms. The number of nitrogens with one attached hydrogen (secondary N) is 2. The van der Waals surface area contributed by atoms with Crippen LogP contribution >= 0.6 is 0 Å². The maximum Gasteiger partial charge on any atom is 0.321 e. The summed E-state index contributed by atoms with van der Waals surface area (Å²) >= 11 is 0. The van der Waals surface area contributed by atoms with Gasteiger partial charge in [-0.25, -0.2) is 9.18 Å². The highest BCUT2D eigenvalue weighted by Crippen LogP contribution is 2.35. The number of pyridine rings is 1. The first kappa shape index (κ1) is 23.6. The third-order valence-corrected chi connectivity index (χ3v) is 6.78. The van der Waals surface area contributed by atoms with Gasteiger partial charge < -0.3 is 24.8 Å². The second kappa shape index (κ2) is 9.85. The summed E-state index contributed by atoms with van der Waals surface area (Å²) in [5.41, 5.74) is 2.24. The summed E-state index contributed by atoms with van der Waals surface area (Å²) in [6.45, 7) is 1.47. The van der Waals surface area contributed by atoms with Gasteiger partial charge in [0.05, 0.1) is 13.5 Å². The molecule has 1 fully saturated rings. The predicted octanol–water partition coefficient (Wildman–Crippen LogP) is 3.83. The smallest absolute Gasteiger partial charge is 0.321 e. The highest BCUT2D eigenvalue weighted by molar-refractivity contribution is 5.92. The maximum atomic E-state index is 13.2. The number of hydrogen-bond donors (Lipinski definition) is 2. The Morgan fingerprint density at radius 1 is 0.972 bits per heavy atom. The number of aromatic nitrogens is 1. The quantitative estimate of drug-likeness (QED) is 0.569. The average Bonchev–Trinajstić information content (AvgIpc) is 2.87. The van der Waals surface area contributed by atoms with Gasteiger partial charge in [0, 0.05) is 36.9 Å². The van der Waals surface area contributed by atoms with Gasteiger partial charge in [-0.15, -0.1) is 0 Å². The van der Waals surface area contributed by atoms with E-state index in [2.05, 4.69) is 10.6 Å². The summed E-state index contributed by atoms with van der Waals surface area (Å²) in [5, 5.41) is 5.57. The largest absolute Gasteiger partial charge is 0.497 e. The third kappa shape index (κ3) is 4.95. The molecule has 0 aliphatic carbocycles. The molecule has 2 aliphatic heterocycles. The standard InChI is InChI=1S/C27H27FN4O4/c1-36-22-8-2-17(3-9-22)13-25(33)30-23-10-11-24-19-12-18(15-32(24)26(23)34)14-31(16-19)27(35)29-21-6-4-20(28)5-7-21/h2-11,18-19H,12-16H2,1H3,(H,29,35)(H,30,33). The number of benzene rings is 2. The van der Waals surface area contributed by atoms with Crippen LogP contribution in [-0.4, -0.2) is 41.6 Å². The minimum absolute atomic E-state index is 0.0215. The molecular formula is C27H27FN4O4. The minimum atomic E-state index is -0.362. The molecule has 1 aromatic heterocycles. The second-order valence-corrected chi connectivity index (χ2v) is 9.30. The summed E-state index contributed by atoms with van der Waals surface area (Å²) in [7, 11) is 1.58. The second-order valence-electron chi connectivity index (χ2n) is 9.30. The van der Waals surface area contributed by atoms with E-state index in [0.29, 0.717) is 31.1 Å². The van der Waals surface area contributed by atoms with Crippen molar-refractivity contribution in [3.8, 4) is 5.75 Å². The summed E-state index contributed by atoms with van der Waals surface area (Å²) in [6.07, 6.45) is 1.04. The number of carbonyl (C=O) groups excluding carboxylic acids is 2. The van der Waals surface area contributed by atoms with E-state index < -0.39 is 0 Å². The van der Waals surface area contributed by atoms with Gasteiger partial charge in [0.1, 0.15) is 17.3 Å². The number of rotatable bonds is 5. The molecule has 8 nitrogen and oxygen atoms in total. The van der Waals surface area contributed by atoms with Gasteiger partial charge in [0.25, 0.3) is 5.56 Å². The van der Waals surface area contributed by atoms with Crippen molar-refractivity contribution in [2.75, 3.05) is 30.8 Å². The Hall–Kier alpha value is -4.14. The number of anilines is 2. The number of ether oxygens (including phenoxy) is 1. The molecule has 0 saturated carbocycles. The molecule has 3 heterocycles. The van der Waals surface area contributed by atoms with Gasteiger partial charge in [-0.3, -0.25) is 9.59 Å². The molecule has 9 heteroatoms. The number of carbonyl (C=O) groups is 2. The molecule has 36 heavy (non-hydrogen) atoms. The van der Waals surface area contributed by atoms with Crippen LogP contribution in [0, 0.1) is 11.7 Å². The normalized spacial score (nSPS) is 18.2. The average molecular weight is 491 g/mol. The molecule has 2 aromatic carbocycles. The lowest BCUT2D eigenvalue weighted by Crippen LogP contribution is -2.50. The number of halogens is 1. The zero-order valence-corrected chi connectivity index (χ0v) is 19.9. The molecule has 2 N–H and O–H groups in total. The van der Waals surface area contributed by atoms with Gasteiger partial charge in [-0.1, -0.05) is 12.1 Å². The van der Waals surface area contributed by atoms with Crippen LogP contribution in [0.5, 0.6) is 5.75 Å². The molecule has 0 spiro atoms. The Labute approximate surface area is 207 Å². The molecule has 2 unspecified atom stereocenters. The van der Waals surface area contributed by atoms with Crippen molar-refractivity contribution < 1.29 is 18.7 Å². The number of likely N-dealkylation sites (tertiary alicyclic amines) is 1. The van der Waals surface area contributed by atoms with Crippen molar-refractivity contribution in [3.63, 3.8) is 0 Å². The van der Waals surface area contributed by atoms with Crippen LogP contribution in [0.25, 0.3) is 0 Å². The molecule has 1 saturated heterocycles. The first-order valence-corrected chi connectivity index (χ1v) is 11.9. The van der Waals surface area contributed by atoms with Gasteiger partial charge >= 0.3 is 6.03 Å². The Balaban J connectivity index is 1.26. The van der Waals surface area contributed by atoms with Gasteiger partial charge in [-0.05, 0) is 66.4 Å². The van der Waals surface area contributed by atoms with Crippen LogP contribution in [0.3, 0.4) is 0 Å². The highest BCUT2D eigenvalue weighted by atomic mass is 19.1. The van der Waals surface area contributed by atoms with E-state index in [0.717, 1.165) is 17.7 Å². The van der Waals surface area contributed by atoms with Gasteiger partial charge in [0.2, 0.25) is 5.91 Å². The van der Waals surface area contributed by atoms with Crippen LogP contribution in [0.2, 0.25) is 0 Å². The molecule has 5 rings (SSSR count). The SMILES string of the molecule is COc1ccc(CC(=O)Nc2ccc3n(c2=O)CC2CC3CN(C(=O)Nc3ccc(F)cc3)C2)cc1. The lowest BCUT2D eigenvalue weighted by atomic mass is 9.83. The van der Waals surface area contributed by atoms with E-state index in [9.17, 15) is 18.8 Å². The maximum absolute atomic E-state index is 13.2. The number of amides is 3. The zero-order valence-electron chi connectivity index (χ0n) is 19.9. The third-order valence-electron chi connectivity index (χ3n) is 6.78. The van der Waals surface area contributed by atoms with Crippen molar-refractivity contribution in [2.24, 2.45) is 5.92 Å². The molecule has 2 atom stereocenters. The molecular weight excluding hydrogens is 463 g/mol. The molecule has 3 aromatic rings. The highest BCUT2D eigenvalue weighted by Gasteiger charge is 2.36. The predicted molar refractivity (Wildman–Crippen MR) is 134 cm³/mol. The minimum Gasteiger partial charge on any atom is -0.497 e. The summed E-state index contributed by atoms with van der Waals surface area (Å²) in [5.74, 6) is 0.229. The topological polar surface area (TPSA) is 92.7 Å². The van der Waals surface area contributed by atoms with Crippen molar-refractivity contribution in [3.05, 3.63) is 88.1 Å². The number of methoxy groups -OCH3 is 1. The van der Waals surface area contributed by atoms with Gasteiger partial charge in [-0.2, -0.15) is 0 Å². The fraction of sp³-hybridized carbons (Fsp3) is 0.296. The Kier molecular flexibility index (Phi) is 6.45. The van der Waals surface area contributed by atoms with E-state index in [-0.39, 0.29) is 47.3 Å². The first-order valence-electron chi connectivity index (χ1n) is 11.9. The van der Waals surface area contributed by atoms with E-state index >= 15 is 0 Å². The number of urea groups is 1. The van der Waals surface area contributed by atoms with Crippen LogP contribution in [0.4, 0.5) is 20.6 Å². The fourth-order valence-electron chi connectivity index (χ4n) is 5.07. The molecule has 186 valence electrons. The Bertz CT molecular complexity index is 1340. The lowest BCUT2D eigenvalue weighted by molar-refractivity contribution is -0.115. The fourth-order valence-corrected chi connectivity index (χ4v) is 5.07. The summed E-state index contributed by atoms with van der Waals surface area (Å²) < 4.78 is 20.0. The van der Waals surface area contributed by atoms with E-state index in [4.69, 9.17) is 4.74 Å². The van der Waals surface area contributed by atoms with Crippen LogP contribution in [-0.2, 0) is 17.8 Å². The Morgan fingerprint density at radius 3 is 2.44 bits per heavy atom. The number of piperidine rings is 1. The van der Waals surface area contributed by atoms with Crippen molar-refractivity contribution >= 4 is 23.3 Å².